The highest BCUT2D eigenvalue weighted by molar-refractivity contribution is 9.10. The summed E-state index contributed by atoms with van der Waals surface area (Å²) in [6, 6.07) is 9.02. The van der Waals surface area contributed by atoms with Crippen LogP contribution in [0.1, 0.15) is 29.7 Å². The van der Waals surface area contributed by atoms with Gasteiger partial charge >= 0.3 is 0 Å². The Morgan fingerprint density at radius 3 is 2.20 bits per heavy atom. The fourth-order valence-corrected chi connectivity index (χ4v) is 3.34. The quantitative estimate of drug-likeness (QED) is 0.652. The zero-order chi connectivity index (χ0) is 14.9. The van der Waals surface area contributed by atoms with E-state index in [1.165, 1.54) is 6.07 Å². The minimum atomic E-state index is -0.194. The SMILES string of the molecule is Cc1cc(Br)cc(C)c1NC(C)c1cc(Br)ccc1F. The highest BCUT2D eigenvalue weighted by Crippen LogP contribution is 2.30. The Balaban J connectivity index is 2.32. The van der Waals surface area contributed by atoms with Crippen molar-refractivity contribution in [2.75, 3.05) is 5.32 Å². The van der Waals surface area contributed by atoms with E-state index in [1.807, 2.05) is 26.8 Å². The van der Waals surface area contributed by atoms with E-state index < -0.39 is 0 Å². The summed E-state index contributed by atoms with van der Waals surface area (Å²) < 4.78 is 15.9. The van der Waals surface area contributed by atoms with Crippen molar-refractivity contribution in [3.05, 3.63) is 61.8 Å². The number of halogens is 3. The Morgan fingerprint density at radius 1 is 1.00 bits per heavy atom. The maximum absolute atomic E-state index is 13.9. The van der Waals surface area contributed by atoms with Gasteiger partial charge in [-0.15, -0.1) is 0 Å². The molecule has 0 fully saturated rings. The maximum atomic E-state index is 13.9. The molecular formula is C16H16Br2FN. The summed E-state index contributed by atoms with van der Waals surface area (Å²) in [6.45, 7) is 6.06. The van der Waals surface area contributed by atoms with Gasteiger partial charge in [0.2, 0.25) is 0 Å². The van der Waals surface area contributed by atoms with E-state index >= 15 is 0 Å². The van der Waals surface area contributed by atoms with Gasteiger partial charge in [-0.3, -0.25) is 0 Å². The number of anilines is 1. The normalized spacial score (nSPS) is 12.3. The van der Waals surface area contributed by atoms with E-state index in [9.17, 15) is 4.39 Å². The van der Waals surface area contributed by atoms with Crippen molar-refractivity contribution in [1.82, 2.24) is 0 Å². The molecule has 0 aliphatic rings. The maximum Gasteiger partial charge on any atom is 0.128 e. The molecule has 0 saturated carbocycles. The van der Waals surface area contributed by atoms with Crippen LogP contribution in [0.5, 0.6) is 0 Å². The summed E-state index contributed by atoms with van der Waals surface area (Å²) in [7, 11) is 0. The number of nitrogens with one attached hydrogen (secondary N) is 1. The predicted molar refractivity (Wildman–Crippen MR) is 89.8 cm³/mol. The highest BCUT2D eigenvalue weighted by atomic mass is 79.9. The van der Waals surface area contributed by atoms with Crippen LogP contribution in [0.2, 0.25) is 0 Å². The third-order valence-corrected chi connectivity index (χ3v) is 4.23. The van der Waals surface area contributed by atoms with Crippen LogP contribution in [-0.2, 0) is 0 Å². The molecule has 1 N–H and O–H groups in total. The Bertz CT molecular complexity index is 617. The molecule has 0 aliphatic heterocycles. The van der Waals surface area contributed by atoms with E-state index in [4.69, 9.17) is 0 Å². The monoisotopic (exact) mass is 399 g/mol. The summed E-state index contributed by atoms with van der Waals surface area (Å²) in [6.07, 6.45) is 0. The standard InChI is InChI=1S/C16H16Br2FN/c1-9-6-13(18)7-10(2)16(9)20-11(3)14-8-12(17)4-5-15(14)19/h4-8,11,20H,1-3H3. The summed E-state index contributed by atoms with van der Waals surface area (Å²) >= 11 is 6.87. The van der Waals surface area contributed by atoms with Gasteiger partial charge in [0.25, 0.3) is 0 Å². The van der Waals surface area contributed by atoms with Crippen molar-refractivity contribution in [1.29, 1.82) is 0 Å². The van der Waals surface area contributed by atoms with E-state index in [1.54, 1.807) is 6.07 Å². The minimum Gasteiger partial charge on any atom is -0.378 e. The van der Waals surface area contributed by atoms with Gasteiger partial charge in [-0.2, -0.15) is 0 Å². The molecule has 0 amide bonds. The molecule has 2 aromatic carbocycles. The van der Waals surface area contributed by atoms with E-state index in [2.05, 4.69) is 49.3 Å². The second kappa shape index (κ2) is 6.27. The molecule has 4 heteroatoms. The Kier molecular flexibility index (Phi) is 4.86. The van der Waals surface area contributed by atoms with Crippen molar-refractivity contribution in [2.24, 2.45) is 0 Å². The molecule has 106 valence electrons. The summed E-state index contributed by atoms with van der Waals surface area (Å²) in [4.78, 5) is 0. The Hall–Kier alpha value is -0.870. The molecule has 1 unspecified atom stereocenters. The van der Waals surface area contributed by atoms with Crippen LogP contribution in [0.25, 0.3) is 0 Å². The van der Waals surface area contributed by atoms with E-state index in [0.717, 1.165) is 25.8 Å². The lowest BCUT2D eigenvalue weighted by molar-refractivity contribution is 0.600. The fourth-order valence-electron chi connectivity index (χ4n) is 2.28. The van der Waals surface area contributed by atoms with Gasteiger partial charge in [0, 0.05) is 20.2 Å². The first kappa shape index (κ1) is 15.5. The fraction of sp³-hybridized carbons (Fsp3) is 0.250. The first-order valence-corrected chi connectivity index (χ1v) is 7.95. The van der Waals surface area contributed by atoms with Crippen molar-refractivity contribution in [3.63, 3.8) is 0 Å². The third kappa shape index (κ3) is 3.41. The number of hydrogen-bond donors (Lipinski definition) is 1. The molecule has 0 bridgehead atoms. The molecule has 0 radical (unpaired) electrons. The molecule has 0 aromatic heterocycles. The van der Waals surface area contributed by atoms with E-state index in [0.29, 0.717) is 5.56 Å². The summed E-state index contributed by atoms with van der Waals surface area (Å²) in [5, 5.41) is 3.41. The van der Waals surface area contributed by atoms with Crippen LogP contribution in [0.15, 0.2) is 39.3 Å². The molecule has 20 heavy (non-hydrogen) atoms. The number of rotatable bonds is 3. The zero-order valence-corrected chi connectivity index (χ0v) is 14.8. The smallest absolute Gasteiger partial charge is 0.128 e. The second-order valence-corrected chi connectivity index (χ2v) is 6.78. The van der Waals surface area contributed by atoms with Crippen LogP contribution in [0.4, 0.5) is 10.1 Å². The van der Waals surface area contributed by atoms with Gasteiger partial charge in [-0.05, 0) is 62.2 Å². The van der Waals surface area contributed by atoms with Gasteiger partial charge in [-0.25, -0.2) is 4.39 Å². The van der Waals surface area contributed by atoms with Gasteiger partial charge in [0.05, 0.1) is 6.04 Å². The molecule has 2 rings (SSSR count). The number of hydrogen-bond acceptors (Lipinski definition) is 1. The second-order valence-electron chi connectivity index (χ2n) is 4.95. The van der Waals surface area contributed by atoms with Crippen LogP contribution >= 0.6 is 31.9 Å². The minimum absolute atomic E-state index is 0.105. The first-order chi connectivity index (χ1) is 9.38. The molecule has 0 spiro atoms. The van der Waals surface area contributed by atoms with Crippen LogP contribution in [-0.4, -0.2) is 0 Å². The van der Waals surface area contributed by atoms with Crippen molar-refractivity contribution < 1.29 is 4.39 Å². The summed E-state index contributed by atoms with van der Waals surface area (Å²) in [5.41, 5.74) is 3.99. The highest BCUT2D eigenvalue weighted by Gasteiger charge is 2.13. The lowest BCUT2D eigenvalue weighted by Crippen LogP contribution is -2.10. The average Bonchev–Trinajstić information content (AvgIpc) is 2.36. The van der Waals surface area contributed by atoms with Crippen LogP contribution in [0, 0.1) is 19.7 Å². The molecule has 2 aromatic rings. The predicted octanol–water partition coefficient (Wildman–Crippen LogP) is 6.14. The van der Waals surface area contributed by atoms with Gasteiger partial charge in [-0.1, -0.05) is 31.9 Å². The Morgan fingerprint density at radius 2 is 1.60 bits per heavy atom. The largest absolute Gasteiger partial charge is 0.378 e. The molecule has 0 saturated heterocycles. The zero-order valence-electron chi connectivity index (χ0n) is 11.6. The first-order valence-electron chi connectivity index (χ1n) is 6.36. The average molecular weight is 401 g/mol. The topological polar surface area (TPSA) is 12.0 Å². The summed E-state index contributed by atoms with van der Waals surface area (Å²) in [5.74, 6) is -0.194. The van der Waals surface area contributed by atoms with Crippen molar-refractivity contribution in [3.8, 4) is 0 Å². The molecule has 0 aliphatic carbocycles. The lowest BCUT2D eigenvalue weighted by atomic mass is 10.0. The van der Waals surface area contributed by atoms with Gasteiger partial charge in [0.15, 0.2) is 0 Å². The van der Waals surface area contributed by atoms with E-state index in [-0.39, 0.29) is 11.9 Å². The van der Waals surface area contributed by atoms with Crippen molar-refractivity contribution in [2.45, 2.75) is 26.8 Å². The Labute approximate surface area is 135 Å². The van der Waals surface area contributed by atoms with Crippen LogP contribution < -0.4 is 5.32 Å². The molecule has 0 heterocycles. The van der Waals surface area contributed by atoms with Crippen molar-refractivity contribution >= 4 is 37.5 Å². The molecule has 1 atom stereocenters. The lowest BCUT2D eigenvalue weighted by Gasteiger charge is -2.20. The van der Waals surface area contributed by atoms with Gasteiger partial charge in [0.1, 0.15) is 5.82 Å². The molecule has 1 nitrogen and oxygen atoms in total. The number of aryl methyl sites for hydroxylation is 2. The van der Waals surface area contributed by atoms with Gasteiger partial charge < -0.3 is 5.32 Å². The third-order valence-electron chi connectivity index (χ3n) is 3.28. The number of benzene rings is 2. The van der Waals surface area contributed by atoms with Crippen LogP contribution in [0.3, 0.4) is 0 Å². The molecular weight excluding hydrogens is 385 g/mol.